The highest BCUT2D eigenvalue weighted by molar-refractivity contribution is 8.01. The van der Waals surface area contributed by atoms with E-state index in [1.807, 2.05) is 12.2 Å². The maximum atomic E-state index is 11.9. The fourth-order valence-corrected chi connectivity index (χ4v) is 5.20. The Labute approximate surface area is 201 Å². The smallest absolute Gasteiger partial charge is 0.245 e. The summed E-state index contributed by atoms with van der Waals surface area (Å²) in [5, 5.41) is 8.58. The molecule has 2 aromatic rings. The van der Waals surface area contributed by atoms with Crippen LogP contribution in [0.5, 0.6) is 0 Å². The lowest BCUT2D eigenvalue weighted by Crippen LogP contribution is -2.52. The van der Waals surface area contributed by atoms with Gasteiger partial charge in [-0.25, -0.2) is 0 Å². The van der Waals surface area contributed by atoms with Crippen LogP contribution in [0.25, 0.3) is 12.2 Å². The largest absolute Gasteiger partial charge is 0.328 e. The van der Waals surface area contributed by atoms with Crippen molar-refractivity contribution in [3.05, 3.63) is 83.3 Å². The van der Waals surface area contributed by atoms with E-state index < -0.39 is 0 Å². The van der Waals surface area contributed by atoms with Gasteiger partial charge in [0.1, 0.15) is 11.3 Å². The fourth-order valence-electron chi connectivity index (χ4n) is 4.18. The number of hydrogen-bond acceptors (Lipinski definition) is 8. The Kier molecular flexibility index (Phi) is 6.08. The molecule has 2 fully saturated rings. The summed E-state index contributed by atoms with van der Waals surface area (Å²) in [4.78, 5) is 40.7. The molecule has 2 aliphatic carbocycles. The van der Waals surface area contributed by atoms with Crippen molar-refractivity contribution >= 4 is 35.7 Å². The molecule has 172 valence electrons. The van der Waals surface area contributed by atoms with Gasteiger partial charge in [0.05, 0.1) is 22.8 Å². The zero-order chi connectivity index (χ0) is 23.7. The van der Waals surface area contributed by atoms with Gasteiger partial charge in [-0.15, -0.1) is 11.8 Å². The van der Waals surface area contributed by atoms with Crippen LogP contribution in [0.15, 0.2) is 60.5 Å². The molecule has 0 saturated carbocycles. The molecular weight excluding hydrogens is 450 g/mol. The van der Waals surface area contributed by atoms with Crippen LogP contribution in [0.4, 0.5) is 0 Å². The van der Waals surface area contributed by atoms with Crippen LogP contribution in [0.2, 0.25) is 0 Å². The van der Waals surface area contributed by atoms with E-state index >= 15 is 0 Å². The number of fused-ring (bicyclic) bond motifs is 2. The molecule has 10 heteroatoms. The Morgan fingerprint density at radius 3 is 2.00 bits per heavy atom. The van der Waals surface area contributed by atoms with Gasteiger partial charge in [0.25, 0.3) is 0 Å². The summed E-state index contributed by atoms with van der Waals surface area (Å²) < 4.78 is 0. The van der Waals surface area contributed by atoms with Gasteiger partial charge in [-0.3, -0.25) is 34.8 Å². The molecule has 2 amide bonds. The van der Waals surface area contributed by atoms with Gasteiger partial charge in [0.15, 0.2) is 0 Å². The van der Waals surface area contributed by atoms with E-state index in [1.54, 1.807) is 36.5 Å². The fraction of sp³-hybridized carbons (Fsp3) is 0.250. The van der Waals surface area contributed by atoms with E-state index in [0.29, 0.717) is 18.7 Å². The van der Waals surface area contributed by atoms with Crippen molar-refractivity contribution in [3.63, 3.8) is 0 Å². The van der Waals surface area contributed by atoms with Gasteiger partial charge in [-0.05, 0) is 23.3 Å². The third kappa shape index (κ3) is 4.55. The Balaban J connectivity index is 0.000000142. The lowest BCUT2D eigenvalue weighted by molar-refractivity contribution is -0.122. The van der Waals surface area contributed by atoms with Crippen LogP contribution in [0.3, 0.4) is 0 Å². The van der Waals surface area contributed by atoms with E-state index in [0.717, 1.165) is 51.8 Å². The summed E-state index contributed by atoms with van der Waals surface area (Å²) in [6, 6.07) is -0.295. The number of rotatable bonds is 2. The van der Waals surface area contributed by atoms with Crippen molar-refractivity contribution in [2.45, 2.75) is 24.1 Å². The summed E-state index contributed by atoms with van der Waals surface area (Å²) in [7, 11) is 0. The molecular formula is C24H23N7O2S. The first-order valence-corrected chi connectivity index (χ1v) is 11.9. The minimum atomic E-state index is -0.295. The second-order valence-corrected chi connectivity index (χ2v) is 9.35. The molecule has 4 heterocycles. The van der Waals surface area contributed by atoms with Crippen molar-refractivity contribution < 1.29 is 9.59 Å². The number of piperazine rings is 1. The van der Waals surface area contributed by atoms with E-state index in [2.05, 4.69) is 49.0 Å². The number of nitrogens with one attached hydrogen (secondary N) is 3. The van der Waals surface area contributed by atoms with Crippen molar-refractivity contribution in [3.8, 4) is 0 Å². The minimum absolute atomic E-state index is 0.0188. The molecule has 4 aliphatic rings. The zero-order valence-corrected chi connectivity index (χ0v) is 19.2. The van der Waals surface area contributed by atoms with Crippen LogP contribution in [-0.2, 0) is 22.4 Å². The topological polar surface area (TPSA) is 122 Å². The van der Waals surface area contributed by atoms with Crippen LogP contribution < -0.4 is 16.0 Å². The third-order valence-corrected chi connectivity index (χ3v) is 7.12. The van der Waals surface area contributed by atoms with Gasteiger partial charge in [0.2, 0.25) is 11.8 Å². The number of carbonyl (C=O) groups excluding carboxylic acids is 2. The molecule has 2 atom stereocenters. The number of amides is 2. The first-order chi connectivity index (χ1) is 16.5. The zero-order valence-electron chi connectivity index (χ0n) is 18.4. The molecule has 0 aromatic carbocycles. The number of nitrogens with zero attached hydrogens (tertiary/aromatic N) is 4. The maximum Gasteiger partial charge on any atom is 0.245 e. The predicted octanol–water partition coefficient (Wildman–Crippen LogP) is 1.18. The van der Waals surface area contributed by atoms with E-state index in [9.17, 15) is 9.59 Å². The SMILES string of the molecule is C=C1CNC(C2=Cc3nccnc3C2)C(=O)N1.C=C1CSC(C2=Cc3nccnc3C2)C(=O)N1. The molecule has 2 unspecified atom stereocenters. The van der Waals surface area contributed by atoms with Gasteiger partial charge >= 0.3 is 0 Å². The first kappa shape index (κ1) is 22.2. The number of thioether (sulfide) groups is 1. The summed E-state index contributed by atoms with van der Waals surface area (Å²) in [6.45, 7) is 8.10. The van der Waals surface area contributed by atoms with Crippen molar-refractivity contribution in [1.29, 1.82) is 0 Å². The van der Waals surface area contributed by atoms with Crippen molar-refractivity contribution in [2.75, 3.05) is 12.3 Å². The highest BCUT2D eigenvalue weighted by Crippen LogP contribution is 2.32. The highest BCUT2D eigenvalue weighted by atomic mass is 32.2. The Morgan fingerprint density at radius 2 is 1.38 bits per heavy atom. The van der Waals surface area contributed by atoms with Crippen LogP contribution in [-0.4, -0.2) is 55.3 Å². The van der Waals surface area contributed by atoms with Crippen molar-refractivity contribution in [2.24, 2.45) is 0 Å². The summed E-state index contributed by atoms with van der Waals surface area (Å²) in [6.07, 6.45) is 12.0. The van der Waals surface area contributed by atoms with E-state index in [-0.39, 0.29) is 23.1 Å². The molecule has 0 bridgehead atoms. The molecule has 2 aliphatic heterocycles. The lowest BCUT2D eigenvalue weighted by Gasteiger charge is -2.25. The normalized spacial score (nSPS) is 23.1. The summed E-state index contributed by atoms with van der Waals surface area (Å²) in [5.74, 6) is 0.732. The number of carbonyl (C=O) groups is 2. The van der Waals surface area contributed by atoms with Gasteiger partial charge in [0, 0.05) is 61.3 Å². The summed E-state index contributed by atoms with van der Waals surface area (Å²) >= 11 is 1.61. The molecule has 9 nitrogen and oxygen atoms in total. The lowest BCUT2D eigenvalue weighted by atomic mass is 10.0. The second kappa shape index (κ2) is 9.32. The Morgan fingerprint density at radius 1 is 0.794 bits per heavy atom. The molecule has 0 radical (unpaired) electrons. The maximum absolute atomic E-state index is 11.9. The summed E-state index contributed by atoms with van der Waals surface area (Å²) in [5.41, 5.74) is 7.23. The van der Waals surface area contributed by atoms with Crippen LogP contribution in [0, 0.1) is 0 Å². The third-order valence-electron chi connectivity index (χ3n) is 5.75. The Hall–Kier alpha value is -3.63. The number of hydrogen-bond donors (Lipinski definition) is 3. The molecule has 6 rings (SSSR count). The van der Waals surface area contributed by atoms with Crippen LogP contribution >= 0.6 is 11.8 Å². The average molecular weight is 474 g/mol. The molecule has 2 aromatic heterocycles. The van der Waals surface area contributed by atoms with Gasteiger partial charge < -0.3 is 10.6 Å². The van der Waals surface area contributed by atoms with E-state index in [1.165, 1.54) is 0 Å². The second-order valence-electron chi connectivity index (χ2n) is 8.26. The van der Waals surface area contributed by atoms with Crippen molar-refractivity contribution in [1.82, 2.24) is 35.9 Å². The first-order valence-electron chi connectivity index (χ1n) is 10.8. The van der Waals surface area contributed by atoms with E-state index in [4.69, 9.17) is 0 Å². The molecule has 0 spiro atoms. The monoisotopic (exact) mass is 473 g/mol. The molecule has 2 saturated heterocycles. The van der Waals surface area contributed by atoms with Gasteiger partial charge in [-0.1, -0.05) is 13.2 Å². The average Bonchev–Trinajstić information content (AvgIpc) is 3.43. The molecule has 3 N–H and O–H groups in total. The predicted molar refractivity (Wildman–Crippen MR) is 130 cm³/mol. The van der Waals surface area contributed by atoms with Gasteiger partial charge in [-0.2, -0.15) is 0 Å². The molecule has 34 heavy (non-hydrogen) atoms. The quantitative estimate of drug-likeness (QED) is 0.595. The minimum Gasteiger partial charge on any atom is -0.328 e. The number of aromatic nitrogens is 4. The standard InChI is InChI=1S/C12H12N4O.C12H11N3OS/c1-7-6-15-11(12(17)16-7)8-4-9-10(5-8)14-3-2-13-9;1-7-6-17-11(12(16)15-7)8-4-9-10(5-8)14-3-2-13-9/h2-4,11,15H,1,5-6H2,(H,16,17);2-4,11H,1,5-6H2,(H,15,16). The van der Waals surface area contributed by atoms with Crippen LogP contribution in [0.1, 0.15) is 22.8 Å². The highest BCUT2D eigenvalue weighted by Gasteiger charge is 2.32. The Bertz CT molecular complexity index is 1170.